The SMILES string of the molecule is COC(=O)[C@@H](CC(C)C)NS(=O)(=O)c1ccc(Br)cc1. The molecule has 0 aromatic heterocycles. The molecule has 7 heteroatoms. The van der Waals surface area contributed by atoms with Crippen molar-refractivity contribution in [2.75, 3.05) is 7.11 Å². The molecule has 0 heterocycles. The van der Waals surface area contributed by atoms with Gasteiger partial charge in [-0.1, -0.05) is 29.8 Å². The van der Waals surface area contributed by atoms with E-state index in [0.717, 1.165) is 4.47 Å². The fraction of sp³-hybridized carbons (Fsp3) is 0.462. The lowest BCUT2D eigenvalue weighted by Gasteiger charge is -2.18. The lowest BCUT2D eigenvalue weighted by molar-refractivity contribution is -0.143. The fourth-order valence-corrected chi connectivity index (χ4v) is 3.14. The van der Waals surface area contributed by atoms with Gasteiger partial charge in [-0.3, -0.25) is 4.79 Å². The number of halogens is 1. The number of hydrogen-bond donors (Lipinski definition) is 1. The highest BCUT2D eigenvalue weighted by Gasteiger charge is 2.27. The largest absolute Gasteiger partial charge is 0.468 e. The van der Waals surface area contributed by atoms with Crippen molar-refractivity contribution in [3.8, 4) is 0 Å². The molecule has 5 nitrogen and oxygen atoms in total. The van der Waals surface area contributed by atoms with E-state index in [1.807, 2.05) is 13.8 Å². The predicted octanol–water partition coefficient (Wildman–Crippen LogP) is 2.32. The van der Waals surface area contributed by atoms with Crippen LogP contribution < -0.4 is 4.72 Å². The first-order chi connectivity index (χ1) is 9.26. The number of benzene rings is 1. The maximum absolute atomic E-state index is 12.2. The van der Waals surface area contributed by atoms with Crippen LogP contribution in [0.5, 0.6) is 0 Å². The summed E-state index contributed by atoms with van der Waals surface area (Å²) in [5.74, 6) is -0.425. The van der Waals surface area contributed by atoms with Crippen molar-refractivity contribution in [2.45, 2.75) is 31.2 Å². The van der Waals surface area contributed by atoms with Crippen LogP contribution in [0.2, 0.25) is 0 Å². The van der Waals surface area contributed by atoms with Gasteiger partial charge in [0.2, 0.25) is 10.0 Å². The summed E-state index contributed by atoms with van der Waals surface area (Å²) in [6.07, 6.45) is 0.377. The molecule has 0 aliphatic rings. The molecule has 0 saturated heterocycles. The minimum Gasteiger partial charge on any atom is -0.468 e. The number of rotatable bonds is 6. The number of methoxy groups -OCH3 is 1. The number of sulfonamides is 1. The summed E-state index contributed by atoms with van der Waals surface area (Å²) < 4.78 is 32.3. The van der Waals surface area contributed by atoms with E-state index in [1.165, 1.54) is 19.2 Å². The molecule has 0 spiro atoms. The van der Waals surface area contributed by atoms with Gasteiger partial charge in [0.15, 0.2) is 0 Å². The van der Waals surface area contributed by atoms with Crippen molar-refractivity contribution >= 4 is 31.9 Å². The summed E-state index contributed by atoms with van der Waals surface area (Å²) in [5.41, 5.74) is 0. The van der Waals surface area contributed by atoms with E-state index in [1.54, 1.807) is 12.1 Å². The van der Waals surface area contributed by atoms with Gasteiger partial charge in [-0.05, 0) is 36.6 Å². The van der Waals surface area contributed by atoms with Gasteiger partial charge in [-0.2, -0.15) is 4.72 Å². The lowest BCUT2D eigenvalue weighted by atomic mass is 10.1. The Labute approximate surface area is 127 Å². The second-order valence-corrected chi connectivity index (χ2v) is 7.41. The molecular formula is C13H18BrNO4S. The standard InChI is InChI=1S/C13H18BrNO4S/c1-9(2)8-12(13(16)19-3)15-20(17,18)11-6-4-10(14)5-7-11/h4-7,9,12,15H,8H2,1-3H3/t12-/m1/s1. The van der Waals surface area contributed by atoms with Gasteiger partial charge < -0.3 is 4.74 Å². The lowest BCUT2D eigenvalue weighted by Crippen LogP contribution is -2.42. The molecule has 0 saturated carbocycles. The van der Waals surface area contributed by atoms with E-state index in [-0.39, 0.29) is 10.8 Å². The number of ether oxygens (including phenoxy) is 1. The second-order valence-electron chi connectivity index (χ2n) is 4.78. The zero-order chi connectivity index (χ0) is 15.3. The number of carbonyl (C=O) groups excluding carboxylic acids is 1. The van der Waals surface area contributed by atoms with Gasteiger partial charge in [0.1, 0.15) is 6.04 Å². The number of carbonyl (C=O) groups is 1. The third kappa shape index (κ3) is 4.88. The topological polar surface area (TPSA) is 72.5 Å². The van der Waals surface area contributed by atoms with Crippen molar-refractivity contribution in [3.05, 3.63) is 28.7 Å². The average Bonchev–Trinajstić information content (AvgIpc) is 2.36. The van der Waals surface area contributed by atoms with Gasteiger partial charge in [-0.25, -0.2) is 8.42 Å². The Kier molecular flexibility index (Phi) is 6.16. The molecular weight excluding hydrogens is 346 g/mol. The zero-order valence-electron chi connectivity index (χ0n) is 11.6. The number of hydrogen-bond acceptors (Lipinski definition) is 4. The minimum absolute atomic E-state index is 0.110. The number of nitrogens with one attached hydrogen (secondary N) is 1. The Morgan fingerprint density at radius 3 is 2.30 bits per heavy atom. The molecule has 20 heavy (non-hydrogen) atoms. The maximum Gasteiger partial charge on any atom is 0.323 e. The van der Waals surface area contributed by atoms with Crippen LogP contribution in [-0.4, -0.2) is 27.5 Å². The molecule has 1 atom stereocenters. The average molecular weight is 364 g/mol. The van der Waals surface area contributed by atoms with Crippen LogP contribution in [0.25, 0.3) is 0 Å². The summed E-state index contributed by atoms with van der Waals surface area (Å²) in [6.45, 7) is 3.81. The molecule has 0 bridgehead atoms. The molecule has 112 valence electrons. The van der Waals surface area contributed by atoms with Gasteiger partial charge >= 0.3 is 5.97 Å². The number of esters is 1. The summed E-state index contributed by atoms with van der Waals surface area (Å²) in [5, 5.41) is 0. The predicted molar refractivity (Wildman–Crippen MR) is 79.7 cm³/mol. The Hall–Kier alpha value is -0.920. The van der Waals surface area contributed by atoms with E-state index in [4.69, 9.17) is 0 Å². The maximum atomic E-state index is 12.2. The molecule has 0 amide bonds. The normalized spacial score (nSPS) is 13.2. The Morgan fingerprint density at radius 1 is 1.30 bits per heavy atom. The van der Waals surface area contributed by atoms with Gasteiger partial charge in [0, 0.05) is 4.47 Å². The Bertz CT molecular complexity index is 554. The monoisotopic (exact) mass is 363 g/mol. The summed E-state index contributed by atoms with van der Waals surface area (Å²) in [7, 11) is -2.51. The Balaban J connectivity index is 2.96. The summed E-state index contributed by atoms with van der Waals surface area (Å²) in [4.78, 5) is 11.8. The summed E-state index contributed by atoms with van der Waals surface area (Å²) in [6, 6.07) is 5.31. The van der Waals surface area contributed by atoms with E-state index in [2.05, 4.69) is 25.4 Å². The molecule has 0 fully saturated rings. The Morgan fingerprint density at radius 2 is 1.85 bits per heavy atom. The van der Waals surface area contributed by atoms with Crippen LogP contribution in [0.4, 0.5) is 0 Å². The molecule has 0 aliphatic carbocycles. The van der Waals surface area contributed by atoms with Crippen LogP contribution in [0.3, 0.4) is 0 Å². The molecule has 1 aromatic carbocycles. The summed E-state index contributed by atoms with van der Waals surface area (Å²) >= 11 is 3.24. The first kappa shape index (κ1) is 17.1. The van der Waals surface area contributed by atoms with E-state index < -0.39 is 22.0 Å². The molecule has 1 N–H and O–H groups in total. The highest BCUT2D eigenvalue weighted by Crippen LogP contribution is 2.16. The zero-order valence-corrected chi connectivity index (χ0v) is 14.0. The highest BCUT2D eigenvalue weighted by molar-refractivity contribution is 9.10. The highest BCUT2D eigenvalue weighted by atomic mass is 79.9. The quantitative estimate of drug-likeness (QED) is 0.787. The van der Waals surface area contributed by atoms with Crippen molar-refractivity contribution < 1.29 is 17.9 Å². The third-order valence-corrected chi connectivity index (χ3v) is 4.63. The first-order valence-corrected chi connectivity index (χ1v) is 8.39. The van der Waals surface area contributed by atoms with Crippen LogP contribution in [-0.2, 0) is 19.6 Å². The molecule has 0 aliphatic heterocycles. The molecule has 0 radical (unpaired) electrons. The second kappa shape index (κ2) is 7.19. The van der Waals surface area contributed by atoms with Crippen molar-refractivity contribution in [1.82, 2.24) is 4.72 Å². The molecule has 0 unspecified atom stereocenters. The van der Waals surface area contributed by atoms with Gasteiger partial charge in [0.05, 0.1) is 12.0 Å². The van der Waals surface area contributed by atoms with E-state index >= 15 is 0 Å². The molecule has 1 aromatic rings. The first-order valence-electron chi connectivity index (χ1n) is 6.12. The van der Waals surface area contributed by atoms with E-state index in [9.17, 15) is 13.2 Å². The fourth-order valence-electron chi connectivity index (χ4n) is 1.68. The van der Waals surface area contributed by atoms with E-state index in [0.29, 0.717) is 6.42 Å². The third-order valence-electron chi connectivity index (χ3n) is 2.61. The van der Waals surface area contributed by atoms with Gasteiger partial charge in [0.25, 0.3) is 0 Å². The molecule has 1 rings (SSSR count). The van der Waals surface area contributed by atoms with Crippen LogP contribution in [0.15, 0.2) is 33.6 Å². The van der Waals surface area contributed by atoms with Crippen molar-refractivity contribution in [2.24, 2.45) is 5.92 Å². The van der Waals surface area contributed by atoms with Crippen molar-refractivity contribution in [3.63, 3.8) is 0 Å². The van der Waals surface area contributed by atoms with Crippen molar-refractivity contribution in [1.29, 1.82) is 0 Å². The van der Waals surface area contributed by atoms with Gasteiger partial charge in [-0.15, -0.1) is 0 Å². The smallest absolute Gasteiger partial charge is 0.323 e. The van der Waals surface area contributed by atoms with Crippen LogP contribution in [0.1, 0.15) is 20.3 Å². The van der Waals surface area contributed by atoms with Crippen LogP contribution >= 0.6 is 15.9 Å². The van der Waals surface area contributed by atoms with Crippen LogP contribution in [0, 0.1) is 5.92 Å². The minimum atomic E-state index is -3.75.